The van der Waals surface area contributed by atoms with Crippen LogP contribution in [-0.4, -0.2) is 57.1 Å². The number of rotatable bonds is 12. The van der Waals surface area contributed by atoms with Gasteiger partial charge in [-0.1, -0.05) is 18.2 Å². The van der Waals surface area contributed by atoms with Gasteiger partial charge in [0.05, 0.1) is 24.6 Å². The molecule has 0 saturated carbocycles. The summed E-state index contributed by atoms with van der Waals surface area (Å²) in [6.45, 7) is 5.08. The summed E-state index contributed by atoms with van der Waals surface area (Å²) in [6.07, 6.45) is -3.85. The average Bonchev–Trinajstić information content (AvgIpc) is 2.83. The second-order valence-electron chi connectivity index (χ2n) is 9.20. The van der Waals surface area contributed by atoms with Crippen LogP contribution in [0.5, 0.6) is 5.75 Å². The molecule has 0 aliphatic heterocycles. The largest absolute Gasteiger partial charge is 0.497 e. The lowest BCUT2D eigenvalue weighted by atomic mass is 10.1. The number of anilines is 1. The molecule has 0 bridgehead atoms. The number of ether oxygens (including phenoxy) is 1. The molecule has 2 aromatic carbocycles. The van der Waals surface area contributed by atoms with E-state index in [1.54, 1.807) is 45.0 Å². The van der Waals surface area contributed by atoms with Crippen LogP contribution in [0.25, 0.3) is 0 Å². The quantitative estimate of drug-likeness (QED) is 0.422. The molecule has 0 aliphatic carbocycles. The predicted molar refractivity (Wildman–Crippen MR) is 139 cm³/mol. The smallest absolute Gasteiger partial charge is 0.416 e. The van der Waals surface area contributed by atoms with Crippen LogP contribution in [0.1, 0.15) is 44.7 Å². The fraction of sp³-hybridized carbons (Fsp3) is 0.462. The average molecular weight is 558 g/mol. The minimum absolute atomic E-state index is 0.0231. The van der Waals surface area contributed by atoms with E-state index in [2.05, 4.69) is 5.32 Å². The van der Waals surface area contributed by atoms with Gasteiger partial charge in [-0.05, 0) is 63.1 Å². The number of amides is 2. The molecule has 0 fully saturated rings. The van der Waals surface area contributed by atoms with Gasteiger partial charge in [-0.2, -0.15) is 13.2 Å². The second kappa shape index (κ2) is 13.0. The van der Waals surface area contributed by atoms with Gasteiger partial charge < -0.3 is 15.0 Å². The molecule has 0 saturated heterocycles. The van der Waals surface area contributed by atoms with Crippen molar-refractivity contribution < 1.29 is 35.9 Å². The minimum Gasteiger partial charge on any atom is -0.497 e. The summed E-state index contributed by atoms with van der Waals surface area (Å²) in [4.78, 5) is 27.4. The Hall–Kier alpha value is -3.28. The molecular weight excluding hydrogens is 523 g/mol. The number of benzene rings is 2. The fourth-order valence-corrected chi connectivity index (χ4v) is 4.75. The molecule has 1 unspecified atom stereocenters. The third kappa shape index (κ3) is 8.93. The Labute approximate surface area is 221 Å². The van der Waals surface area contributed by atoms with E-state index in [-0.39, 0.29) is 43.6 Å². The van der Waals surface area contributed by atoms with Crippen LogP contribution < -0.4 is 14.4 Å². The summed E-state index contributed by atoms with van der Waals surface area (Å²) in [5.41, 5.74) is -0.398. The normalized spacial score (nSPS) is 12.7. The van der Waals surface area contributed by atoms with Crippen molar-refractivity contribution in [3.8, 4) is 5.75 Å². The number of carbonyl (C=O) groups is 2. The van der Waals surface area contributed by atoms with Gasteiger partial charge in [-0.25, -0.2) is 8.42 Å². The first-order valence-electron chi connectivity index (χ1n) is 12.0. The number of carbonyl (C=O) groups excluding carboxylic acids is 2. The maximum Gasteiger partial charge on any atom is 0.416 e. The molecule has 8 nitrogen and oxygen atoms in total. The summed E-state index contributed by atoms with van der Waals surface area (Å²) >= 11 is 0. The topological polar surface area (TPSA) is 96.0 Å². The number of hydrogen-bond donors (Lipinski definition) is 1. The Morgan fingerprint density at radius 3 is 2.29 bits per heavy atom. The van der Waals surface area contributed by atoms with E-state index >= 15 is 0 Å². The monoisotopic (exact) mass is 557 g/mol. The standard InChI is InChI=1S/C26H34F3N3O5S/c1-18(2)30-25(34)19(3)31(17-20-9-6-12-23(15-20)37-4)24(33)13-8-14-32(38(5,35)36)22-11-7-10-21(16-22)26(27,28)29/h6-7,9-12,15-16,18-19H,8,13-14,17H2,1-5H3,(H,30,34). The van der Waals surface area contributed by atoms with Gasteiger partial charge in [0.25, 0.3) is 0 Å². The minimum atomic E-state index is -4.64. The highest BCUT2D eigenvalue weighted by molar-refractivity contribution is 7.92. The Morgan fingerprint density at radius 1 is 1.05 bits per heavy atom. The van der Waals surface area contributed by atoms with Crippen LogP contribution in [0.3, 0.4) is 0 Å². The van der Waals surface area contributed by atoms with E-state index in [9.17, 15) is 31.2 Å². The third-order valence-corrected chi connectivity index (χ3v) is 6.89. The van der Waals surface area contributed by atoms with Gasteiger partial charge in [0.2, 0.25) is 21.8 Å². The Balaban J connectivity index is 2.23. The SMILES string of the molecule is COc1cccc(CN(C(=O)CCCN(c2cccc(C(F)(F)F)c2)S(C)(=O)=O)C(C)C(=O)NC(C)C)c1. The van der Waals surface area contributed by atoms with Gasteiger partial charge in [-0.3, -0.25) is 13.9 Å². The highest BCUT2D eigenvalue weighted by Gasteiger charge is 2.32. The van der Waals surface area contributed by atoms with Gasteiger partial charge in [-0.15, -0.1) is 0 Å². The maximum atomic E-state index is 13.3. The van der Waals surface area contributed by atoms with Crippen LogP contribution >= 0.6 is 0 Å². The Morgan fingerprint density at radius 2 is 1.71 bits per heavy atom. The first-order chi connectivity index (χ1) is 17.6. The van der Waals surface area contributed by atoms with Gasteiger partial charge in [0.1, 0.15) is 11.8 Å². The van der Waals surface area contributed by atoms with Crippen molar-refractivity contribution in [3.05, 3.63) is 59.7 Å². The lowest BCUT2D eigenvalue weighted by Crippen LogP contribution is -2.49. The van der Waals surface area contributed by atoms with E-state index in [0.717, 1.165) is 34.3 Å². The lowest BCUT2D eigenvalue weighted by molar-refractivity contribution is -0.140. The highest BCUT2D eigenvalue weighted by Crippen LogP contribution is 2.32. The molecule has 1 N–H and O–H groups in total. The van der Waals surface area contributed by atoms with E-state index < -0.39 is 33.7 Å². The summed E-state index contributed by atoms with van der Waals surface area (Å²) < 4.78 is 70.3. The van der Waals surface area contributed by atoms with Crippen molar-refractivity contribution in [2.24, 2.45) is 0 Å². The van der Waals surface area contributed by atoms with Gasteiger partial charge in [0.15, 0.2) is 0 Å². The van der Waals surface area contributed by atoms with Crippen LogP contribution in [0.15, 0.2) is 48.5 Å². The molecular formula is C26H34F3N3O5S. The third-order valence-electron chi connectivity index (χ3n) is 5.70. The first kappa shape index (κ1) is 30.9. The molecule has 2 aromatic rings. The molecule has 0 radical (unpaired) electrons. The van der Waals surface area contributed by atoms with Crippen LogP contribution in [0.4, 0.5) is 18.9 Å². The van der Waals surface area contributed by atoms with Gasteiger partial charge in [0, 0.05) is 25.6 Å². The molecule has 38 heavy (non-hydrogen) atoms. The highest BCUT2D eigenvalue weighted by atomic mass is 32.2. The number of nitrogens with zero attached hydrogens (tertiary/aromatic N) is 2. The molecule has 12 heteroatoms. The second-order valence-corrected chi connectivity index (χ2v) is 11.1. The first-order valence-corrected chi connectivity index (χ1v) is 13.9. The lowest BCUT2D eigenvalue weighted by Gasteiger charge is -2.30. The van der Waals surface area contributed by atoms with Crippen molar-refractivity contribution in [2.75, 3.05) is 24.2 Å². The number of methoxy groups -OCH3 is 1. The molecule has 0 spiro atoms. The molecule has 0 aliphatic rings. The fourth-order valence-electron chi connectivity index (χ4n) is 3.80. The van der Waals surface area contributed by atoms with Crippen molar-refractivity contribution in [1.29, 1.82) is 0 Å². The Bertz CT molecular complexity index is 1220. The zero-order valence-corrected chi connectivity index (χ0v) is 22.9. The van der Waals surface area contributed by atoms with Gasteiger partial charge >= 0.3 is 6.18 Å². The molecule has 2 rings (SSSR count). The number of hydrogen-bond acceptors (Lipinski definition) is 5. The zero-order chi connectivity index (χ0) is 28.7. The van der Waals surface area contributed by atoms with Crippen LogP contribution in [0, 0.1) is 0 Å². The molecule has 2 amide bonds. The number of halogens is 3. The van der Waals surface area contributed by atoms with E-state index in [1.807, 2.05) is 0 Å². The summed E-state index contributed by atoms with van der Waals surface area (Å²) in [5, 5.41) is 2.78. The van der Waals surface area contributed by atoms with Crippen LogP contribution in [-0.2, 0) is 32.3 Å². The summed E-state index contributed by atoms with van der Waals surface area (Å²) in [6, 6.07) is 10.1. The number of nitrogens with one attached hydrogen (secondary N) is 1. The maximum absolute atomic E-state index is 13.3. The molecule has 210 valence electrons. The summed E-state index contributed by atoms with van der Waals surface area (Å²) in [7, 11) is -2.42. The predicted octanol–water partition coefficient (Wildman–Crippen LogP) is 4.20. The van der Waals surface area contributed by atoms with Crippen LogP contribution in [0.2, 0.25) is 0 Å². The zero-order valence-electron chi connectivity index (χ0n) is 22.1. The van der Waals surface area contributed by atoms with Crippen molar-refractivity contribution >= 4 is 27.5 Å². The van der Waals surface area contributed by atoms with E-state index in [1.165, 1.54) is 18.1 Å². The van der Waals surface area contributed by atoms with E-state index in [4.69, 9.17) is 4.74 Å². The van der Waals surface area contributed by atoms with Crippen molar-refractivity contribution in [2.45, 2.75) is 58.4 Å². The Kier molecular flexibility index (Phi) is 10.6. The van der Waals surface area contributed by atoms with Crippen molar-refractivity contribution in [3.63, 3.8) is 0 Å². The molecule has 0 aromatic heterocycles. The summed E-state index contributed by atoms with van der Waals surface area (Å²) in [5.74, 6) is -0.172. The van der Waals surface area contributed by atoms with E-state index in [0.29, 0.717) is 5.75 Å². The number of sulfonamides is 1. The molecule has 0 heterocycles. The molecule has 1 atom stereocenters. The van der Waals surface area contributed by atoms with Crippen molar-refractivity contribution in [1.82, 2.24) is 10.2 Å². The number of alkyl halides is 3.